The third-order valence-corrected chi connectivity index (χ3v) is 7.05. The standard InChI is InChI=1S/C17H27N3O3S2.ClH/c1-24-12-9-16(18)17(21)19-13-14-7-10-20(11-8-14)25(22,23)15-5-3-2-4-6-15;/h2-6,14,16H,7-13,18H2,1H3,(H,19,21);1H/t16-;/m0./s1. The number of rotatable bonds is 8. The Hall–Kier alpha value is -0.800. The van der Waals surface area contributed by atoms with E-state index in [9.17, 15) is 13.2 Å². The number of thioether (sulfide) groups is 1. The van der Waals surface area contributed by atoms with Crippen LogP contribution in [0.1, 0.15) is 19.3 Å². The molecule has 0 saturated carbocycles. The largest absolute Gasteiger partial charge is 0.354 e. The molecule has 26 heavy (non-hydrogen) atoms. The SMILES string of the molecule is CSCC[C@H](N)C(=O)NCC1CCN(S(=O)(=O)c2ccccc2)CC1.Cl. The van der Waals surface area contributed by atoms with Crippen LogP contribution in [0, 0.1) is 5.92 Å². The van der Waals surface area contributed by atoms with Gasteiger partial charge in [-0.2, -0.15) is 16.1 Å². The number of piperidine rings is 1. The molecule has 1 aromatic carbocycles. The second-order valence-electron chi connectivity index (χ2n) is 6.29. The number of hydrogen-bond donors (Lipinski definition) is 2. The normalized spacial score (nSPS) is 17.3. The van der Waals surface area contributed by atoms with Crippen LogP contribution in [-0.4, -0.2) is 56.3 Å². The third-order valence-electron chi connectivity index (χ3n) is 4.49. The lowest BCUT2D eigenvalue weighted by Gasteiger charge is -2.31. The lowest BCUT2D eigenvalue weighted by Crippen LogP contribution is -2.45. The topological polar surface area (TPSA) is 92.5 Å². The van der Waals surface area contributed by atoms with Gasteiger partial charge >= 0.3 is 0 Å². The van der Waals surface area contributed by atoms with E-state index in [0.717, 1.165) is 18.6 Å². The van der Waals surface area contributed by atoms with Crippen LogP contribution in [0.3, 0.4) is 0 Å². The van der Waals surface area contributed by atoms with E-state index in [1.807, 2.05) is 6.26 Å². The quantitative estimate of drug-likeness (QED) is 0.666. The number of nitrogens with zero attached hydrogens (tertiary/aromatic N) is 1. The first-order valence-electron chi connectivity index (χ1n) is 8.52. The van der Waals surface area contributed by atoms with E-state index in [1.165, 1.54) is 4.31 Å². The van der Waals surface area contributed by atoms with Gasteiger partial charge in [0.2, 0.25) is 15.9 Å². The molecule has 0 aliphatic carbocycles. The van der Waals surface area contributed by atoms with Gasteiger partial charge in [0.15, 0.2) is 0 Å². The molecule has 1 amide bonds. The van der Waals surface area contributed by atoms with E-state index < -0.39 is 16.1 Å². The summed E-state index contributed by atoms with van der Waals surface area (Å²) in [5.74, 6) is 1.04. The highest BCUT2D eigenvalue weighted by Crippen LogP contribution is 2.23. The smallest absolute Gasteiger partial charge is 0.243 e. The summed E-state index contributed by atoms with van der Waals surface area (Å²) in [5, 5.41) is 2.91. The Balaban J connectivity index is 0.00000338. The van der Waals surface area contributed by atoms with Crippen LogP contribution in [0.5, 0.6) is 0 Å². The number of carbonyl (C=O) groups is 1. The monoisotopic (exact) mass is 421 g/mol. The summed E-state index contributed by atoms with van der Waals surface area (Å²) in [6.45, 7) is 1.53. The van der Waals surface area contributed by atoms with Crippen LogP contribution in [-0.2, 0) is 14.8 Å². The van der Waals surface area contributed by atoms with Crippen LogP contribution < -0.4 is 11.1 Å². The van der Waals surface area contributed by atoms with Crippen LogP contribution in [0.25, 0.3) is 0 Å². The number of amides is 1. The van der Waals surface area contributed by atoms with E-state index in [4.69, 9.17) is 5.73 Å². The molecule has 1 atom stereocenters. The fourth-order valence-corrected chi connectivity index (χ4v) is 4.83. The maximum absolute atomic E-state index is 12.6. The van der Waals surface area contributed by atoms with Gasteiger partial charge in [0.1, 0.15) is 0 Å². The maximum Gasteiger partial charge on any atom is 0.243 e. The summed E-state index contributed by atoms with van der Waals surface area (Å²) < 4.78 is 26.7. The number of halogens is 1. The van der Waals surface area contributed by atoms with Gasteiger partial charge < -0.3 is 11.1 Å². The molecule has 9 heteroatoms. The van der Waals surface area contributed by atoms with Crippen LogP contribution in [0.15, 0.2) is 35.2 Å². The molecule has 0 bridgehead atoms. The molecule has 1 saturated heterocycles. The highest BCUT2D eigenvalue weighted by molar-refractivity contribution is 7.98. The first kappa shape index (κ1) is 23.2. The Kier molecular flexibility index (Phi) is 9.95. The summed E-state index contributed by atoms with van der Waals surface area (Å²) in [6.07, 6.45) is 4.14. The zero-order valence-electron chi connectivity index (χ0n) is 15.0. The second-order valence-corrected chi connectivity index (χ2v) is 9.22. The van der Waals surface area contributed by atoms with E-state index in [-0.39, 0.29) is 18.3 Å². The van der Waals surface area contributed by atoms with Crippen molar-refractivity contribution in [1.82, 2.24) is 9.62 Å². The summed E-state index contributed by atoms with van der Waals surface area (Å²) >= 11 is 1.67. The van der Waals surface area contributed by atoms with Crippen molar-refractivity contribution in [2.75, 3.05) is 31.6 Å². The Bertz CT molecular complexity index is 650. The van der Waals surface area contributed by atoms with Gasteiger partial charge in [0.05, 0.1) is 10.9 Å². The molecule has 2 rings (SSSR count). The number of nitrogens with two attached hydrogens (primary N) is 1. The minimum absolute atomic E-state index is 0. The second kappa shape index (κ2) is 11.1. The van der Waals surface area contributed by atoms with Crippen molar-refractivity contribution in [3.05, 3.63) is 30.3 Å². The van der Waals surface area contributed by atoms with Gasteiger partial charge in [-0.3, -0.25) is 4.79 Å². The Morgan fingerprint density at radius 1 is 1.31 bits per heavy atom. The third kappa shape index (κ3) is 6.42. The highest BCUT2D eigenvalue weighted by Gasteiger charge is 2.29. The molecule has 6 nitrogen and oxygen atoms in total. The summed E-state index contributed by atoms with van der Waals surface area (Å²) in [6, 6.07) is 8.05. The molecule has 1 fully saturated rings. The van der Waals surface area contributed by atoms with Crippen LogP contribution in [0.2, 0.25) is 0 Å². The first-order valence-corrected chi connectivity index (χ1v) is 11.4. The molecular formula is C17H28ClN3O3S2. The molecular weight excluding hydrogens is 394 g/mol. The minimum Gasteiger partial charge on any atom is -0.354 e. The molecule has 0 radical (unpaired) electrons. The molecule has 1 heterocycles. The van der Waals surface area contributed by atoms with Gasteiger partial charge in [0.25, 0.3) is 0 Å². The van der Waals surface area contributed by atoms with E-state index in [1.54, 1.807) is 42.1 Å². The van der Waals surface area contributed by atoms with E-state index in [2.05, 4.69) is 5.32 Å². The van der Waals surface area contributed by atoms with Gasteiger partial charge in [-0.25, -0.2) is 8.42 Å². The Morgan fingerprint density at radius 3 is 2.50 bits per heavy atom. The predicted molar refractivity (Wildman–Crippen MR) is 109 cm³/mol. The first-order chi connectivity index (χ1) is 11.9. The lowest BCUT2D eigenvalue weighted by atomic mass is 9.98. The molecule has 1 aliphatic rings. The van der Waals surface area contributed by atoms with Crippen molar-refractivity contribution in [3.8, 4) is 0 Å². The molecule has 1 aromatic rings. The zero-order valence-corrected chi connectivity index (χ0v) is 17.4. The number of benzene rings is 1. The van der Waals surface area contributed by atoms with Crippen LogP contribution >= 0.6 is 24.2 Å². The number of hydrogen-bond acceptors (Lipinski definition) is 5. The van der Waals surface area contributed by atoms with Crippen molar-refractivity contribution >= 4 is 40.1 Å². The van der Waals surface area contributed by atoms with Gasteiger partial charge in [0, 0.05) is 19.6 Å². The van der Waals surface area contributed by atoms with Gasteiger partial charge in [-0.15, -0.1) is 12.4 Å². The average Bonchev–Trinajstić information content (AvgIpc) is 2.65. The summed E-state index contributed by atoms with van der Waals surface area (Å²) in [5.41, 5.74) is 5.85. The fraction of sp³-hybridized carbons (Fsp3) is 0.588. The Morgan fingerprint density at radius 2 is 1.92 bits per heavy atom. The van der Waals surface area contributed by atoms with Crippen molar-refractivity contribution in [2.45, 2.75) is 30.2 Å². The maximum atomic E-state index is 12.6. The van der Waals surface area contributed by atoms with Crippen molar-refractivity contribution in [3.63, 3.8) is 0 Å². The molecule has 3 N–H and O–H groups in total. The van der Waals surface area contributed by atoms with Crippen LogP contribution in [0.4, 0.5) is 0 Å². The minimum atomic E-state index is -3.42. The zero-order chi connectivity index (χ0) is 18.3. The van der Waals surface area contributed by atoms with E-state index >= 15 is 0 Å². The van der Waals surface area contributed by atoms with Gasteiger partial charge in [-0.1, -0.05) is 18.2 Å². The molecule has 0 aromatic heterocycles. The van der Waals surface area contributed by atoms with Gasteiger partial charge in [-0.05, 0) is 49.3 Å². The molecule has 1 aliphatic heterocycles. The number of carbonyl (C=O) groups excluding carboxylic acids is 1. The Labute approximate surface area is 166 Å². The molecule has 0 unspecified atom stereocenters. The van der Waals surface area contributed by atoms with Crippen molar-refractivity contribution in [2.24, 2.45) is 11.7 Å². The van der Waals surface area contributed by atoms with E-state index in [0.29, 0.717) is 36.9 Å². The molecule has 0 spiro atoms. The summed E-state index contributed by atoms with van der Waals surface area (Å²) in [7, 11) is -3.42. The fourth-order valence-electron chi connectivity index (χ4n) is 2.85. The average molecular weight is 422 g/mol. The lowest BCUT2D eigenvalue weighted by molar-refractivity contribution is -0.122. The van der Waals surface area contributed by atoms with Crippen molar-refractivity contribution < 1.29 is 13.2 Å². The van der Waals surface area contributed by atoms with Crippen molar-refractivity contribution in [1.29, 1.82) is 0 Å². The number of sulfonamides is 1. The predicted octanol–water partition coefficient (Wildman–Crippen LogP) is 1.71. The molecule has 148 valence electrons. The highest BCUT2D eigenvalue weighted by atomic mass is 35.5. The number of nitrogens with one attached hydrogen (secondary N) is 1. The summed E-state index contributed by atoms with van der Waals surface area (Å²) in [4.78, 5) is 12.3.